The fourth-order valence-corrected chi connectivity index (χ4v) is 1.40. The third kappa shape index (κ3) is 2.31. The molecular formula is C11H13N5O. The molecule has 2 aromatic rings. The Hall–Kier alpha value is -2.21. The van der Waals surface area contributed by atoms with Crippen molar-refractivity contribution >= 4 is 5.91 Å². The predicted molar refractivity (Wildman–Crippen MR) is 62.5 cm³/mol. The molecule has 6 nitrogen and oxygen atoms in total. The molecule has 4 N–H and O–H groups in total. The topological polar surface area (TPSA) is 99.8 Å². The van der Waals surface area contributed by atoms with Crippen LogP contribution in [0.15, 0.2) is 30.6 Å². The first-order valence-corrected chi connectivity index (χ1v) is 5.15. The van der Waals surface area contributed by atoms with Crippen LogP contribution in [0.25, 0.3) is 5.69 Å². The van der Waals surface area contributed by atoms with Crippen molar-refractivity contribution in [3.8, 4) is 5.69 Å². The zero-order valence-corrected chi connectivity index (χ0v) is 9.37. The number of nitrogens with zero attached hydrogens (tertiary/aromatic N) is 3. The molecule has 1 amide bonds. The molecule has 2 aromatic heterocycles. The molecule has 88 valence electrons. The van der Waals surface area contributed by atoms with Gasteiger partial charge in [-0.1, -0.05) is 0 Å². The van der Waals surface area contributed by atoms with E-state index in [0.29, 0.717) is 0 Å². The number of pyridine rings is 1. The van der Waals surface area contributed by atoms with E-state index in [1.54, 1.807) is 18.5 Å². The summed E-state index contributed by atoms with van der Waals surface area (Å²) < 4.78 is 1.54. The highest BCUT2D eigenvalue weighted by atomic mass is 16.1. The van der Waals surface area contributed by atoms with Crippen molar-refractivity contribution < 1.29 is 4.79 Å². The van der Waals surface area contributed by atoms with E-state index in [-0.39, 0.29) is 11.7 Å². The second kappa shape index (κ2) is 4.34. The normalized spacial score (nSPS) is 12.4. The summed E-state index contributed by atoms with van der Waals surface area (Å²) in [5.74, 6) is -0.552. The minimum atomic E-state index is -0.552. The molecule has 0 unspecified atom stereocenters. The average molecular weight is 231 g/mol. The molecule has 0 fully saturated rings. The number of carbonyl (C=O) groups is 1. The largest absolute Gasteiger partial charge is 0.364 e. The molecule has 0 aliphatic carbocycles. The number of hydrogen-bond donors (Lipinski definition) is 2. The van der Waals surface area contributed by atoms with Gasteiger partial charge in [-0.3, -0.25) is 9.78 Å². The third-order valence-electron chi connectivity index (χ3n) is 2.34. The summed E-state index contributed by atoms with van der Waals surface area (Å²) in [6, 6.07) is 5.11. The lowest BCUT2D eigenvalue weighted by molar-refractivity contribution is 0.0995. The Morgan fingerprint density at radius 1 is 1.41 bits per heavy atom. The van der Waals surface area contributed by atoms with Crippen LogP contribution in [0.5, 0.6) is 0 Å². The number of hydrogen-bond acceptors (Lipinski definition) is 4. The highest BCUT2D eigenvalue weighted by Crippen LogP contribution is 2.10. The molecule has 0 saturated carbocycles. The van der Waals surface area contributed by atoms with E-state index in [9.17, 15) is 4.79 Å². The van der Waals surface area contributed by atoms with Crippen LogP contribution in [0.2, 0.25) is 0 Å². The molecule has 0 aromatic carbocycles. The minimum Gasteiger partial charge on any atom is -0.364 e. The molecule has 0 bridgehead atoms. The van der Waals surface area contributed by atoms with E-state index < -0.39 is 5.91 Å². The van der Waals surface area contributed by atoms with Gasteiger partial charge in [0.2, 0.25) is 0 Å². The van der Waals surface area contributed by atoms with Crippen molar-refractivity contribution in [1.29, 1.82) is 0 Å². The Kier molecular flexibility index (Phi) is 2.88. The van der Waals surface area contributed by atoms with Crippen LogP contribution >= 0.6 is 0 Å². The van der Waals surface area contributed by atoms with Crippen molar-refractivity contribution in [3.63, 3.8) is 0 Å². The van der Waals surface area contributed by atoms with Crippen molar-refractivity contribution in [2.45, 2.75) is 13.0 Å². The van der Waals surface area contributed by atoms with Crippen LogP contribution in [0.1, 0.15) is 29.1 Å². The lowest BCUT2D eigenvalue weighted by atomic mass is 10.2. The summed E-state index contributed by atoms with van der Waals surface area (Å²) in [6.07, 6.45) is 3.30. The summed E-state index contributed by atoms with van der Waals surface area (Å²) in [7, 11) is 0. The molecule has 0 saturated heterocycles. The van der Waals surface area contributed by atoms with Gasteiger partial charge in [0.15, 0.2) is 0 Å². The smallest absolute Gasteiger partial charge is 0.269 e. The first-order valence-electron chi connectivity index (χ1n) is 5.15. The quantitative estimate of drug-likeness (QED) is 0.797. The average Bonchev–Trinajstić information content (AvgIpc) is 2.78. The number of primary amides is 1. The van der Waals surface area contributed by atoms with E-state index in [1.807, 2.05) is 19.1 Å². The van der Waals surface area contributed by atoms with Gasteiger partial charge in [0.1, 0.15) is 5.69 Å². The van der Waals surface area contributed by atoms with E-state index >= 15 is 0 Å². The number of rotatable bonds is 3. The van der Waals surface area contributed by atoms with E-state index in [2.05, 4.69) is 10.1 Å². The molecule has 0 spiro atoms. The summed E-state index contributed by atoms with van der Waals surface area (Å²) in [6.45, 7) is 1.86. The van der Waals surface area contributed by atoms with Gasteiger partial charge in [0.25, 0.3) is 5.91 Å². The van der Waals surface area contributed by atoms with Gasteiger partial charge in [-0.25, -0.2) is 4.68 Å². The Balaban J connectivity index is 2.30. The monoisotopic (exact) mass is 231 g/mol. The van der Waals surface area contributed by atoms with Crippen molar-refractivity contribution in [1.82, 2.24) is 14.8 Å². The molecule has 1 atom stereocenters. The summed E-state index contributed by atoms with van der Waals surface area (Å²) >= 11 is 0. The number of nitrogens with two attached hydrogens (primary N) is 2. The number of amides is 1. The van der Waals surface area contributed by atoms with E-state index in [4.69, 9.17) is 11.5 Å². The Labute approximate surface area is 98.3 Å². The third-order valence-corrected chi connectivity index (χ3v) is 2.34. The summed E-state index contributed by atoms with van der Waals surface area (Å²) in [5.41, 5.74) is 12.6. The van der Waals surface area contributed by atoms with Gasteiger partial charge in [-0.05, 0) is 25.1 Å². The van der Waals surface area contributed by atoms with Crippen LogP contribution < -0.4 is 11.5 Å². The highest BCUT2D eigenvalue weighted by Gasteiger charge is 2.06. The molecule has 0 radical (unpaired) electrons. The first-order chi connectivity index (χ1) is 8.08. The molecule has 6 heteroatoms. The molecule has 17 heavy (non-hydrogen) atoms. The summed E-state index contributed by atoms with van der Waals surface area (Å²) in [5, 5.41) is 4.03. The molecule has 2 heterocycles. The van der Waals surface area contributed by atoms with Crippen LogP contribution in [-0.2, 0) is 0 Å². The van der Waals surface area contributed by atoms with Gasteiger partial charge in [-0.2, -0.15) is 5.10 Å². The predicted octanol–water partition coefficient (Wildman–Crippen LogP) is 0.386. The molecule has 0 aliphatic heterocycles. The molecule has 0 aliphatic rings. The summed E-state index contributed by atoms with van der Waals surface area (Å²) in [4.78, 5) is 15.1. The lowest BCUT2D eigenvalue weighted by Crippen LogP contribution is -2.12. The maximum atomic E-state index is 10.9. The first kappa shape index (κ1) is 11.3. The second-order valence-corrected chi connectivity index (χ2v) is 3.74. The van der Waals surface area contributed by atoms with Gasteiger partial charge < -0.3 is 11.5 Å². The fraction of sp³-hybridized carbons (Fsp3) is 0.182. The van der Waals surface area contributed by atoms with Gasteiger partial charge in [-0.15, -0.1) is 0 Å². The zero-order valence-electron chi connectivity index (χ0n) is 9.37. The van der Waals surface area contributed by atoms with Gasteiger partial charge in [0, 0.05) is 12.2 Å². The maximum absolute atomic E-state index is 10.9. The molecule has 2 rings (SSSR count). The van der Waals surface area contributed by atoms with Crippen LogP contribution in [-0.4, -0.2) is 20.7 Å². The Bertz CT molecular complexity index is 529. The van der Waals surface area contributed by atoms with Crippen molar-refractivity contribution in [3.05, 3.63) is 42.0 Å². The van der Waals surface area contributed by atoms with Crippen molar-refractivity contribution in [2.24, 2.45) is 11.5 Å². The van der Waals surface area contributed by atoms with Gasteiger partial charge >= 0.3 is 0 Å². The van der Waals surface area contributed by atoms with Gasteiger partial charge in [0.05, 0.1) is 17.6 Å². The Morgan fingerprint density at radius 2 is 2.18 bits per heavy atom. The Morgan fingerprint density at radius 3 is 2.65 bits per heavy atom. The molecular weight excluding hydrogens is 218 g/mol. The van der Waals surface area contributed by atoms with Crippen LogP contribution in [0, 0.1) is 0 Å². The van der Waals surface area contributed by atoms with E-state index in [1.165, 1.54) is 4.68 Å². The van der Waals surface area contributed by atoms with E-state index in [0.717, 1.165) is 11.4 Å². The highest BCUT2D eigenvalue weighted by molar-refractivity contribution is 5.90. The van der Waals surface area contributed by atoms with Crippen LogP contribution in [0.4, 0.5) is 0 Å². The maximum Gasteiger partial charge on any atom is 0.269 e. The number of carbonyl (C=O) groups excluding carboxylic acids is 1. The SMILES string of the molecule is C[C@H](N)c1ccc(-n2ccc(C(N)=O)n2)cn1. The zero-order chi connectivity index (χ0) is 12.4. The fourth-order valence-electron chi connectivity index (χ4n) is 1.40. The standard InChI is InChI=1S/C11H13N5O/c1-7(12)9-3-2-8(6-14-9)16-5-4-10(15-16)11(13)17/h2-7H,12H2,1H3,(H2,13,17)/t7-/m0/s1. The second-order valence-electron chi connectivity index (χ2n) is 3.74. The number of aromatic nitrogens is 3. The minimum absolute atomic E-state index is 0.108. The van der Waals surface area contributed by atoms with Crippen molar-refractivity contribution in [2.75, 3.05) is 0 Å². The lowest BCUT2D eigenvalue weighted by Gasteiger charge is -2.05. The van der Waals surface area contributed by atoms with Crippen LogP contribution in [0.3, 0.4) is 0 Å².